The summed E-state index contributed by atoms with van der Waals surface area (Å²) in [6, 6.07) is 14.0. The van der Waals surface area contributed by atoms with Crippen LogP contribution < -0.4 is 10.1 Å². The lowest BCUT2D eigenvalue weighted by molar-refractivity contribution is -0.274. The van der Waals surface area contributed by atoms with Gasteiger partial charge in [-0.1, -0.05) is 62.4 Å². The van der Waals surface area contributed by atoms with Gasteiger partial charge >= 0.3 is 6.36 Å². The minimum Gasteiger partial charge on any atom is -0.405 e. The number of alkyl halides is 3. The van der Waals surface area contributed by atoms with E-state index < -0.39 is 18.3 Å². The van der Waals surface area contributed by atoms with E-state index in [-0.39, 0.29) is 23.8 Å². The van der Waals surface area contributed by atoms with Crippen LogP contribution in [0.15, 0.2) is 54.6 Å². The Bertz CT molecular complexity index is 989. The summed E-state index contributed by atoms with van der Waals surface area (Å²) in [5.74, 6) is -0.622. The Balaban J connectivity index is 1.74. The van der Waals surface area contributed by atoms with Gasteiger partial charge in [0.25, 0.3) is 0 Å². The number of nitrogens with zero attached hydrogens (tertiary/aromatic N) is 4. The van der Waals surface area contributed by atoms with E-state index in [0.717, 1.165) is 5.56 Å². The molecule has 0 aliphatic rings. The van der Waals surface area contributed by atoms with Gasteiger partial charge in [-0.05, 0) is 17.2 Å². The molecule has 1 atom stereocenters. The van der Waals surface area contributed by atoms with E-state index in [1.165, 1.54) is 23.0 Å². The molecular formula is C20H20F3N5O2. The molecule has 0 aliphatic carbocycles. The van der Waals surface area contributed by atoms with Crippen LogP contribution in [0.4, 0.5) is 13.2 Å². The summed E-state index contributed by atoms with van der Waals surface area (Å²) in [4.78, 5) is 14.0. The van der Waals surface area contributed by atoms with Crippen LogP contribution in [0.2, 0.25) is 0 Å². The highest BCUT2D eigenvalue weighted by Crippen LogP contribution is 2.26. The summed E-state index contributed by atoms with van der Waals surface area (Å²) < 4.78 is 41.8. The molecule has 0 spiro atoms. The standard InChI is InChI=1S/C20H20F3N5O2/c1-13(2)17(28-26-18(25-27-28)14-8-4-3-5-9-14)19(29)24-12-15-10-6-7-11-16(15)30-20(21,22)23/h3-11,13,17H,12H2,1-2H3,(H,24,29). The number of halogens is 3. The van der Waals surface area contributed by atoms with Gasteiger partial charge in [-0.2, -0.15) is 4.80 Å². The zero-order valence-electron chi connectivity index (χ0n) is 16.3. The van der Waals surface area contributed by atoms with E-state index in [0.29, 0.717) is 5.82 Å². The summed E-state index contributed by atoms with van der Waals surface area (Å²) in [6.45, 7) is 3.49. The monoisotopic (exact) mass is 419 g/mol. The van der Waals surface area contributed by atoms with Gasteiger partial charge < -0.3 is 10.1 Å². The second-order valence-corrected chi connectivity index (χ2v) is 6.86. The lowest BCUT2D eigenvalue weighted by atomic mass is 10.0. The van der Waals surface area contributed by atoms with Crippen molar-refractivity contribution in [2.75, 3.05) is 0 Å². The molecule has 1 unspecified atom stereocenters. The zero-order chi connectivity index (χ0) is 21.7. The number of rotatable bonds is 7. The fraction of sp³-hybridized carbons (Fsp3) is 0.300. The van der Waals surface area contributed by atoms with E-state index in [2.05, 4.69) is 25.5 Å². The molecule has 3 aromatic rings. The van der Waals surface area contributed by atoms with Crippen molar-refractivity contribution in [1.82, 2.24) is 25.5 Å². The minimum atomic E-state index is -4.82. The number of tetrazole rings is 1. The van der Waals surface area contributed by atoms with Crippen LogP contribution in [0.25, 0.3) is 11.4 Å². The minimum absolute atomic E-state index is 0.144. The maximum absolute atomic E-state index is 12.8. The molecule has 3 rings (SSSR count). The van der Waals surface area contributed by atoms with Gasteiger partial charge in [0.05, 0.1) is 0 Å². The highest BCUT2D eigenvalue weighted by atomic mass is 19.4. The average molecular weight is 419 g/mol. The molecule has 1 aromatic heterocycles. The van der Waals surface area contributed by atoms with E-state index in [1.807, 2.05) is 44.2 Å². The molecular weight excluding hydrogens is 399 g/mol. The maximum Gasteiger partial charge on any atom is 0.573 e. The van der Waals surface area contributed by atoms with Crippen LogP contribution in [0.1, 0.15) is 25.5 Å². The number of benzene rings is 2. The Morgan fingerprint density at radius 2 is 1.77 bits per heavy atom. The van der Waals surface area contributed by atoms with Crippen molar-refractivity contribution in [1.29, 1.82) is 0 Å². The van der Waals surface area contributed by atoms with Gasteiger partial charge in [0.2, 0.25) is 11.7 Å². The SMILES string of the molecule is CC(C)C(C(=O)NCc1ccccc1OC(F)(F)F)n1nnc(-c2ccccc2)n1. The van der Waals surface area contributed by atoms with Gasteiger partial charge in [0, 0.05) is 17.7 Å². The Hall–Kier alpha value is -3.43. The van der Waals surface area contributed by atoms with Crippen LogP contribution in [-0.2, 0) is 11.3 Å². The molecule has 7 nitrogen and oxygen atoms in total. The molecule has 10 heteroatoms. The molecule has 0 radical (unpaired) electrons. The number of ether oxygens (including phenoxy) is 1. The fourth-order valence-corrected chi connectivity index (χ4v) is 2.88. The maximum atomic E-state index is 12.8. The molecule has 0 bridgehead atoms. The lowest BCUT2D eigenvalue weighted by Gasteiger charge is -2.19. The molecule has 0 saturated heterocycles. The van der Waals surface area contributed by atoms with Crippen molar-refractivity contribution in [2.45, 2.75) is 32.8 Å². The number of hydrogen-bond acceptors (Lipinski definition) is 5. The summed E-state index contributed by atoms with van der Waals surface area (Å²) in [5.41, 5.74) is 0.951. The Morgan fingerprint density at radius 1 is 1.10 bits per heavy atom. The van der Waals surface area contributed by atoms with Crippen molar-refractivity contribution in [3.8, 4) is 17.1 Å². The first-order chi connectivity index (χ1) is 14.2. The number of amides is 1. The van der Waals surface area contributed by atoms with Crippen LogP contribution in [0.3, 0.4) is 0 Å². The first-order valence-corrected chi connectivity index (χ1v) is 9.21. The third kappa shape index (κ3) is 5.34. The quantitative estimate of drug-likeness (QED) is 0.631. The summed E-state index contributed by atoms with van der Waals surface area (Å²) in [7, 11) is 0. The molecule has 0 aliphatic heterocycles. The molecule has 0 saturated carbocycles. The first kappa shape index (κ1) is 21.3. The summed E-state index contributed by atoms with van der Waals surface area (Å²) >= 11 is 0. The lowest BCUT2D eigenvalue weighted by Crippen LogP contribution is -2.36. The Kier molecular flexibility index (Phi) is 6.34. The highest BCUT2D eigenvalue weighted by molar-refractivity contribution is 5.80. The van der Waals surface area contributed by atoms with Crippen LogP contribution in [0.5, 0.6) is 5.75 Å². The fourth-order valence-electron chi connectivity index (χ4n) is 2.88. The Morgan fingerprint density at radius 3 is 2.43 bits per heavy atom. The molecule has 0 fully saturated rings. The predicted molar refractivity (Wildman–Crippen MR) is 102 cm³/mol. The van der Waals surface area contributed by atoms with Gasteiger partial charge in [0.1, 0.15) is 5.75 Å². The number of nitrogens with one attached hydrogen (secondary N) is 1. The molecule has 158 valence electrons. The highest BCUT2D eigenvalue weighted by Gasteiger charge is 2.32. The largest absolute Gasteiger partial charge is 0.573 e. The van der Waals surface area contributed by atoms with Crippen molar-refractivity contribution in [2.24, 2.45) is 5.92 Å². The van der Waals surface area contributed by atoms with Gasteiger partial charge in [-0.15, -0.1) is 23.4 Å². The normalized spacial score (nSPS) is 12.6. The number of para-hydroxylation sites is 1. The number of carbonyl (C=O) groups excluding carboxylic acids is 1. The summed E-state index contributed by atoms with van der Waals surface area (Å²) in [6.07, 6.45) is -4.82. The van der Waals surface area contributed by atoms with E-state index >= 15 is 0 Å². The number of aromatic nitrogens is 4. The second-order valence-electron chi connectivity index (χ2n) is 6.86. The second kappa shape index (κ2) is 8.93. The summed E-state index contributed by atoms with van der Waals surface area (Å²) in [5, 5.41) is 14.9. The molecule has 2 aromatic carbocycles. The van der Waals surface area contributed by atoms with Gasteiger partial charge in [-0.25, -0.2) is 0 Å². The van der Waals surface area contributed by atoms with E-state index in [1.54, 1.807) is 6.07 Å². The van der Waals surface area contributed by atoms with Gasteiger partial charge in [-0.3, -0.25) is 4.79 Å². The van der Waals surface area contributed by atoms with E-state index in [9.17, 15) is 18.0 Å². The van der Waals surface area contributed by atoms with Crippen LogP contribution in [-0.4, -0.2) is 32.5 Å². The average Bonchev–Trinajstić information content (AvgIpc) is 3.16. The molecule has 30 heavy (non-hydrogen) atoms. The molecule has 1 N–H and O–H groups in total. The van der Waals surface area contributed by atoms with Gasteiger partial charge in [0.15, 0.2) is 6.04 Å². The van der Waals surface area contributed by atoms with Crippen molar-refractivity contribution in [3.63, 3.8) is 0 Å². The number of carbonyl (C=O) groups is 1. The van der Waals surface area contributed by atoms with Crippen molar-refractivity contribution in [3.05, 3.63) is 60.2 Å². The van der Waals surface area contributed by atoms with Crippen LogP contribution in [0, 0.1) is 5.92 Å². The first-order valence-electron chi connectivity index (χ1n) is 9.21. The number of hydrogen-bond donors (Lipinski definition) is 1. The van der Waals surface area contributed by atoms with Crippen LogP contribution >= 0.6 is 0 Å². The predicted octanol–water partition coefficient (Wildman–Crippen LogP) is 3.75. The smallest absolute Gasteiger partial charge is 0.405 e. The molecule has 1 heterocycles. The third-order valence-corrected chi connectivity index (χ3v) is 4.26. The Labute approximate surface area is 170 Å². The van der Waals surface area contributed by atoms with Crippen molar-refractivity contribution < 1.29 is 22.7 Å². The zero-order valence-corrected chi connectivity index (χ0v) is 16.3. The van der Waals surface area contributed by atoms with Crippen molar-refractivity contribution >= 4 is 5.91 Å². The third-order valence-electron chi connectivity index (χ3n) is 4.26. The van der Waals surface area contributed by atoms with E-state index in [4.69, 9.17) is 0 Å². The molecule has 1 amide bonds. The topological polar surface area (TPSA) is 81.9 Å².